The second-order valence-corrected chi connectivity index (χ2v) is 12.8. The van der Waals surface area contributed by atoms with E-state index >= 15 is 0 Å². The van der Waals surface area contributed by atoms with Crippen LogP contribution in [0.2, 0.25) is 0 Å². The maximum absolute atomic E-state index is 2.54. The van der Waals surface area contributed by atoms with Gasteiger partial charge in [-0.05, 0) is 102 Å². The maximum Gasteiger partial charge on any atom is 0.353 e. The van der Waals surface area contributed by atoms with Crippen molar-refractivity contribution in [1.29, 1.82) is 0 Å². The number of fused-ring (bicyclic) bond motifs is 8. The van der Waals surface area contributed by atoms with Crippen molar-refractivity contribution in [3.8, 4) is 0 Å². The third kappa shape index (κ3) is 3.07. The molecule has 0 amide bonds. The molecule has 6 heterocycles. The highest BCUT2D eigenvalue weighted by Crippen LogP contribution is 2.49. The Balaban J connectivity index is 1.61. The average molecular weight is 571 g/mol. The summed E-state index contributed by atoms with van der Waals surface area (Å²) in [4.78, 5) is 0.351. The average Bonchev–Trinajstić information content (AvgIpc) is 3.57. The number of hydrogen-bond donors (Lipinski definition) is 0. The number of para-hydroxylation sites is 2. The highest BCUT2D eigenvalue weighted by Gasteiger charge is 2.82. The molecule has 6 aromatic rings. The van der Waals surface area contributed by atoms with Crippen molar-refractivity contribution >= 4 is 45.1 Å². The topological polar surface area (TPSA) is 24.1 Å². The van der Waals surface area contributed by atoms with Gasteiger partial charge < -0.3 is 0 Å². The number of pyridine rings is 2. The summed E-state index contributed by atoms with van der Waals surface area (Å²) >= 11 is 0. The van der Waals surface area contributed by atoms with Crippen LogP contribution in [0.25, 0.3) is 22.1 Å². The predicted molar refractivity (Wildman–Crippen MR) is 174 cm³/mol. The van der Waals surface area contributed by atoms with Gasteiger partial charge in [0.15, 0.2) is 11.4 Å². The van der Waals surface area contributed by atoms with Crippen molar-refractivity contribution in [3.05, 3.63) is 107 Å². The summed E-state index contributed by atoms with van der Waals surface area (Å²) in [6.45, 7) is 18.0. The summed E-state index contributed by atoms with van der Waals surface area (Å²) in [6.07, 6.45) is 4.49. The number of quaternary nitrogens is 1. The van der Waals surface area contributed by atoms with Gasteiger partial charge in [0.25, 0.3) is 4.92 Å². The third-order valence-corrected chi connectivity index (χ3v) is 9.42. The molecule has 7 heteroatoms. The molecule has 2 aliphatic rings. The molecule has 0 aliphatic carbocycles. The Bertz CT molecular complexity index is 1920. The molecule has 0 bridgehead atoms. The van der Waals surface area contributed by atoms with Crippen LogP contribution in [0.5, 0.6) is 0 Å². The van der Waals surface area contributed by atoms with E-state index in [1.807, 2.05) is 0 Å². The molecular formula is C36H40N7+3. The van der Waals surface area contributed by atoms with Gasteiger partial charge in [-0.2, -0.15) is 0 Å². The van der Waals surface area contributed by atoms with E-state index in [-0.39, 0.29) is 0 Å². The third-order valence-electron chi connectivity index (χ3n) is 9.42. The van der Waals surface area contributed by atoms with Gasteiger partial charge in [-0.25, -0.2) is 0 Å². The Morgan fingerprint density at radius 1 is 0.512 bits per heavy atom. The number of anilines is 4. The number of hydrogen-bond acceptors (Lipinski definition) is 2. The summed E-state index contributed by atoms with van der Waals surface area (Å²) < 4.78 is 9.92. The largest absolute Gasteiger partial charge is 0.353 e. The molecule has 0 unspecified atom stereocenters. The van der Waals surface area contributed by atoms with E-state index in [2.05, 4.69) is 169 Å². The first-order valence-corrected chi connectivity index (χ1v) is 15.4. The molecule has 0 fully saturated rings. The monoisotopic (exact) mass is 570 g/mol. The van der Waals surface area contributed by atoms with E-state index in [0.29, 0.717) is 17.0 Å². The number of benzene rings is 2. The molecule has 8 rings (SSSR count). The van der Waals surface area contributed by atoms with Gasteiger partial charge in [-0.3, -0.25) is 9.13 Å². The van der Waals surface area contributed by atoms with Crippen molar-refractivity contribution in [1.82, 2.24) is 14.1 Å². The predicted octanol–water partition coefficient (Wildman–Crippen LogP) is 7.60. The minimum Gasteiger partial charge on any atom is -0.259 e. The van der Waals surface area contributed by atoms with Gasteiger partial charge in [0.1, 0.15) is 0 Å². The number of rotatable bonds is 4. The van der Waals surface area contributed by atoms with Gasteiger partial charge in [-0.1, -0.05) is 36.4 Å². The minimum atomic E-state index is 0.306. The molecule has 0 saturated heterocycles. The minimum absolute atomic E-state index is 0.306. The fourth-order valence-corrected chi connectivity index (χ4v) is 7.52. The van der Waals surface area contributed by atoms with Crippen molar-refractivity contribution in [3.63, 3.8) is 0 Å². The van der Waals surface area contributed by atoms with Gasteiger partial charge in [0.05, 0.1) is 44.6 Å². The SMILES string of the molecule is Cc1cccc(C)c1N1c2ccc3ccn(C(C)C)c3[n+]2[N+]12N(c1c(C)cccc1C)c1ccc3ccn(C(C)C)c3[n+]12. The smallest absolute Gasteiger partial charge is 0.259 e. The molecule has 216 valence electrons. The van der Waals surface area contributed by atoms with Gasteiger partial charge in [0, 0.05) is 22.2 Å². The van der Waals surface area contributed by atoms with Crippen LogP contribution in [0.1, 0.15) is 62.0 Å². The first kappa shape index (κ1) is 26.0. The van der Waals surface area contributed by atoms with E-state index in [0.717, 1.165) is 0 Å². The molecule has 0 atom stereocenters. The Morgan fingerprint density at radius 3 is 1.23 bits per heavy atom. The number of aryl methyl sites for hydroxylation is 4. The van der Waals surface area contributed by atoms with Crippen LogP contribution >= 0.6 is 0 Å². The van der Waals surface area contributed by atoms with Crippen LogP contribution in [0, 0.1) is 27.7 Å². The van der Waals surface area contributed by atoms with E-state index < -0.39 is 0 Å². The van der Waals surface area contributed by atoms with Crippen LogP contribution in [0.3, 0.4) is 0 Å². The second kappa shape index (κ2) is 8.71. The quantitative estimate of drug-likeness (QED) is 0.161. The molecule has 0 saturated carbocycles. The van der Waals surface area contributed by atoms with Crippen LogP contribution in [-0.2, 0) is 0 Å². The van der Waals surface area contributed by atoms with Crippen molar-refractivity contribution in [2.45, 2.75) is 67.5 Å². The molecule has 2 aliphatic heterocycles. The number of aromatic nitrogens is 4. The molecular weight excluding hydrogens is 530 g/mol. The van der Waals surface area contributed by atoms with Gasteiger partial charge in [0.2, 0.25) is 0 Å². The lowest BCUT2D eigenvalue weighted by Crippen LogP contribution is -3.11. The zero-order valence-electron chi connectivity index (χ0n) is 26.4. The van der Waals surface area contributed by atoms with Crippen molar-refractivity contribution in [2.24, 2.45) is 0 Å². The van der Waals surface area contributed by atoms with Gasteiger partial charge >= 0.3 is 22.9 Å². The Kier molecular flexibility index (Phi) is 5.27. The standard InChI is InChI=1S/C36H40N7/c1-23(2)37-21-19-29-15-17-31-39(33-25(5)11-9-12-26(33)6)43(41(31)35(29)37)40(34-27(7)13-10-14-28(34)8)32-18-16-30-20-22-38(24(3)4)36(30)42(32)43/h9-24H,1-8H3/q+3. The van der Waals surface area contributed by atoms with Crippen LogP contribution in [0.15, 0.2) is 85.2 Å². The maximum atomic E-state index is 2.54. The fourth-order valence-electron chi connectivity index (χ4n) is 7.52. The molecule has 1 spiro atoms. The van der Waals surface area contributed by atoms with Crippen LogP contribution in [0.4, 0.5) is 23.0 Å². The lowest BCUT2D eigenvalue weighted by molar-refractivity contribution is -1.09. The molecule has 7 nitrogen and oxygen atoms in total. The Hall–Kier alpha value is -4.62. The first-order valence-electron chi connectivity index (χ1n) is 15.4. The Labute approximate surface area is 253 Å². The number of nitrogens with zero attached hydrogens (tertiary/aromatic N) is 7. The summed E-state index contributed by atoms with van der Waals surface area (Å²) in [5.74, 6) is 2.33. The summed E-state index contributed by atoms with van der Waals surface area (Å²) in [6, 6.07) is 27.6. The summed E-state index contributed by atoms with van der Waals surface area (Å²) in [5.41, 5.74) is 9.91. The lowest BCUT2D eigenvalue weighted by Gasteiger charge is -2.50. The molecule has 4 aromatic heterocycles. The summed E-state index contributed by atoms with van der Waals surface area (Å²) in [7, 11) is 0. The van der Waals surface area contributed by atoms with E-state index in [9.17, 15) is 0 Å². The van der Waals surface area contributed by atoms with Crippen LogP contribution < -0.4 is 24.3 Å². The molecule has 0 radical (unpaired) electrons. The van der Waals surface area contributed by atoms with E-state index in [4.69, 9.17) is 0 Å². The van der Waals surface area contributed by atoms with Crippen molar-refractivity contribution < 1.29 is 9.35 Å². The fraction of sp³-hybridized carbons (Fsp3) is 0.278. The zero-order chi connectivity index (χ0) is 29.9. The molecule has 2 aromatic carbocycles. The molecule has 0 N–H and O–H groups in total. The highest BCUT2D eigenvalue weighted by molar-refractivity contribution is 5.82. The summed E-state index contributed by atoms with van der Waals surface area (Å²) in [5, 5.41) is 7.55. The van der Waals surface area contributed by atoms with Crippen LogP contribution in [-0.4, -0.2) is 9.13 Å². The zero-order valence-corrected chi connectivity index (χ0v) is 26.4. The Morgan fingerprint density at radius 2 is 0.884 bits per heavy atom. The first-order chi connectivity index (χ1) is 20.7. The highest BCUT2D eigenvalue weighted by atomic mass is 16.3. The van der Waals surface area contributed by atoms with E-state index in [1.54, 1.807) is 0 Å². The normalized spacial score (nSPS) is 15.0. The van der Waals surface area contributed by atoms with Gasteiger partial charge in [-0.15, -0.1) is 0 Å². The molecule has 43 heavy (non-hydrogen) atoms. The lowest BCUT2D eigenvalue weighted by atomic mass is 10.1. The van der Waals surface area contributed by atoms with Crippen molar-refractivity contribution in [2.75, 3.05) is 10.0 Å². The second-order valence-electron chi connectivity index (χ2n) is 12.8. The van der Waals surface area contributed by atoms with E-state index in [1.165, 1.54) is 67.3 Å².